The highest BCUT2D eigenvalue weighted by Crippen LogP contribution is 2.41. The number of hydrogen-bond acceptors (Lipinski definition) is 6. The molecule has 2 N–H and O–H groups in total. The van der Waals surface area contributed by atoms with Crippen LogP contribution in [0, 0.1) is 35.3 Å². The van der Waals surface area contributed by atoms with Crippen LogP contribution in [0.1, 0.15) is 92.1 Å². The van der Waals surface area contributed by atoms with Gasteiger partial charge in [0.25, 0.3) is 22.9 Å². The van der Waals surface area contributed by atoms with Gasteiger partial charge >= 0.3 is 0 Å². The van der Waals surface area contributed by atoms with Gasteiger partial charge in [-0.3, -0.25) is 28.8 Å². The average Bonchev–Trinajstić information content (AvgIpc) is 4.04. The lowest BCUT2D eigenvalue weighted by Gasteiger charge is -2.12. The van der Waals surface area contributed by atoms with Gasteiger partial charge in [0.15, 0.2) is 11.6 Å². The predicted octanol–water partition coefficient (Wildman–Crippen LogP) is 5.25. The van der Waals surface area contributed by atoms with Crippen LogP contribution in [0.15, 0.2) is 82.6 Å². The topological polar surface area (TPSA) is 136 Å². The van der Waals surface area contributed by atoms with Crippen LogP contribution in [0.3, 0.4) is 0 Å². The highest BCUT2D eigenvalue weighted by molar-refractivity contribution is 6.01. The van der Waals surface area contributed by atoms with E-state index < -0.39 is 34.6 Å². The molecule has 4 atom stereocenters. The number of hydrogen-bond donors (Lipinski definition) is 2. The third kappa shape index (κ3) is 9.03. The van der Waals surface area contributed by atoms with Gasteiger partial charge in [0.1, 0.15) is 22.8 Å². The van der Waals surface area contributed by atoms with Crippen LogP contribution in [0.4, 0.5) is 8.78 Å². The summed E-state index contributed by atoms with van der Waals surface area (Å²) in [6, 6.07) is 14.9. The molecule has 10 nitrogen and oxygen atoms in total. The molecular weight excluding hydrogens is 670 g/mol. The van der Waals surface area contributed by atoms with Gasteiger partial charge in [0, 0.05) is 61.6 Å². The first-order valence-electron chi connectivity index (χ1n) is 17.3. The summed E-state index contributed by atoms with van der Waals surface area (Å²) in [7, 11) is 2.84. The molecule has 0 unspecified atom stereocenters. The fraction of sp³-hybridized carbons (Fsp3) is 0.350. The molecule has 12 heteroatoms. The summed E-state index contributed by atoms with van der Waals surface area (Å²) in [5.41, 5.74) is -0.0852. The van der Waals surface area contributed by atoms with Crippen molar-refractivity contribution in [2.75, 3.05) is 14.1 Å². The highest BCUT2D eigenvalue weighted by Gasteiger charge is 2.35. The molecule has 0 aliphatic heterocycles. The summed E-state index contributed by atoms with van der Waals surface area (Å²) >= 11 is 0. The minimum absolute atomic E-state index is 0.0452. The van der Waals surface area contributed by atoms with Crippen molar-refractivity contribution in [3.8, 4) is 0 Å². The van der Waals surface area contributed by atoms with Crippen LogP contribution in [-0.2, 0) is 13.1 Å². The number of halogens is 2. The van der Waals surface area contributed by atoms with E-state index in [1.807, 2.05) is 0 Å². The second kappa shape index (κ2) is 16.2. The molecule has 0 bridgehead atoms. The molecule has 2 fully saturated rings. The number of carbonyl (C=O) groups is 4. The standard InChI is InChI=1S/2C20H21FN2O3/c2*1-12-7-14(12)9-18(24)15-8-16(19(25)22-2)20(26)23(11-15)10-13-5-3-4-6-17(13)21/h2*3-6,8,11-12,14H,7,9-10H2,1-2H3,(H,22,25)/t2*12-,14+/m10/s1. The van der Waals surface area contributed by atoms with Gasteiger partial charge in [-0.15, -0.1) is 0 Å². The number of Topliss-reactive ketones (excluding diaryl/α,β-unsaturated/α-hetero) is 2. The molecule has 0 radical (unpaired) electrons. The highest BCUT2D eigenvalue weighted by atomic mass is 19.1. The number of nitrogens with one attached hydrogen (secondary N) is 2. The molecule has 2 heterocycles. The van der Waals surface area contributed by atoms with E-state index in [0.717, 1.165) is 12.8 Å². The van der Waals surface area contributed by atoms with Gasteiger partial charge in [-0.1, -0.05) is 50.2 Å². The summed E-state index contributed by atoms with van der Waals surface area (Å²) in [6.07, 6.45) is 5.68. The van der Waals surface area contributed by atoms with Crippen molar-refractivity contribution >= 4 is 23.4 Å². The molecule has 2 saturated carbocycles. The van der Waals surface area contributed by atoms with E-state index in [4.69, 9.17) is 0 Å². The van der Waals surface area contributed by atoms with Crippen molar-refractivity contribution < 1.29 is 28.0 Å². The van der Waals surface area contributed by atoms with Crippen LogP contribution in [0.5, 0.6) is 0 Å². The van der Waals surface area contributed by atoms with Crippen LogP contribution in [0.2, 0.25) is 0 Å². The van der Waals surface area contributed by atoms with Gasteiger partial charge < -0.3 is 19.8 Å². The lowest BCUT2D eigenvalue weighted by molar-refractivity contribution is 0.0948. The van der Waals surface area contributed by atoms with Gasteiger partial charge in [-0.05, 0) is 60.8 Å². The Hall–Kier alpha value is -5.52. The lowest BCUT2D eigenvalue weighted by Crippen LogP contribution is -2.32. The first kappa shape index (κ1) is 37.7. The van der Waals surface area contributed by atoms with Gasteiger partial charge in [0.2, 0.25) is 0 Å². The van der Waals surface area contributed by atoms with E-state index >= 15 is 0 Å². The maximum atomic E-state index is 14.0. The predicted molar refractivity (Wildman–Crippen MR) is 192 cm³/mol. The number of nitrogens with zero attached hydrogens (tertiary/aromatic N) is 2. The molecule has 52 heavy (non-hydrogen) atoms. The third-order valence-corrected chi connectivity index (χ3v) is 9.80. The average molecular weight is 713 g/mol. The summed E-state index contributed by atoms with van der Waals surface area (Å²) in [5.74, 6) is -0.440. The molecule has 2 aliphatic carbocycles. The zero-order chi connectivity index (χ0) is 37.7. The Bertz CT molecular complexity index is 1990. The maximum absolute atomic E-state index is 14.0. The molecule has 6 rings (SSSR count). The minimum Gasteiger partial charge on any atom is -0.355 e. The lowest BCUT2D eigenvalue weighted by atomic mass is 10.0. The first-order chi connectivity index (χ1) is 24.8. The Morgan fingerprint density at radius 3 is 1.31 bits per heavy atom. The van der Waals surface area contributed by atoms with Crippen molar-refractivity contribution in [1.82, 2.24) is 19.8 Å². The van der Waals surface area contributed by atoms with E-state index in [0.29, 0.717) is 58.8 Å². The normalized spacial score (nSPS) is 18.4. The minimum atomic E-state index is -0.563. The molecule has 2 amide bonds. The molecule has 0 spiro atoms. The van der Waals surface area contributed by atoms with Crippen molar-refractivity contribution in [2.24, 2.45) is 23.7 Å². The molecule has 2 aromatic carbocycles. The van der Waals surface area contributed by atoms with E-state index in [2.05, 4.69) is 24.5 Å². The number of benzene rings is 2. The molecule has 2 aliphatic rings. The van der Waals surface area contributed by atoms with Crippen molar-refractivity contribution in [2.45, 2.75) is 52.6 Å². The Kier molecular flexibility index (Phi) is 11.8. The number of carbonyl (C=O) groups excluding carboxylic acids is 4. The zero-order valence-corrected chi connectivity index (χ0v) is 29.6. The Labute approximate surface area is 299 Å². The molecule has 2 aromatic heterocycles. The fourth-order valence-corrected chi connectivity index (χ4v) is 6.11. The Balaban J connectivity index is 0.000000201. The summed E-state index contributed by atoms with van der Waals surface area (Å²) in [5, 5.41) is 4.83. The van der Waals surface area contributed by atoms with Gasteiger partial charge in [0.05, 0.1) is 13.1 Å². The number of aromatic nitrogens is 2. The third-order valence-electron chi connectivity index (χ3n) is 9.80. The van der Waals surface area contributed by atoms with Crippen LogP contribution >= 0.6 is 0 Å². The second-order valence-corrected chi connectivity index (χ2v) is 13.7. The fourth-order valence-electron chi connectivity index (χ4n) is 6.11. The number of rotatable bonds is 12. The second-order valence-electron chi connectivity index (χ2n) is 13.7. The SMILES string of the molecule is CNC(=O)c1cc(C(=O)C[C@@H]2C[C@H]2C)cn(Cc2ccccc2F)c1=O.CNC(=O)c1cc(C(=O)C[C@H]2C[C@@H]2C)cn(Cc2ccccc2F)c1=O. The Morgan fingerprint density at radius 1 is 0.654 bits per heavy atom. The van der Waals surface area contributed by atoms with Gasteiger partial charge in [-0.25, -0.2) is 8.78 Å². The number of pyridine rings is 2. The van der Waals surface area contributed by atoms with Crippen LogP contribution in [-0.4, -0.2) is 46.6 Å². The molecule has 4 aromatic rings. The summed E-state index contributed by atoms with van der Waals surface area (Å²) in [4.78, 5) is 74.5. The van der Waals surface area contributed by atoms with E-state index in [1.54, 1.807) is 36.4 Å². The largest absolute Gasteiger partial charge is 0.355 e. The zero-order valence-electron chi connectivity index (χ0n) is 29.6. The van der Waals surface area contributed by atoms with Crippen LogP contribution < -0.4 is 21.8 Å². The van der Waals surface area contributed by atoms with Crippen molar-refractivity contribution in [3.63, 3.8) is 0 Å². The number of ketones is 2. The Morgan fingerprint density at radius 2 is 1.00 bits per heavy atom. The first-order valence-corrected chi connectivity index (χ1v) is 17.3. The monoisotopic (exact) mass is 712 g/mol. The summed E-state index contributed by atoms with van der Waals surface area (Å²) < 4.78 is 30.4. The quantitative estimate of drug-likeness (QED) is 0.193. The smallest absolute Gasteiger partial charge is 0.263 e. The van der Waals surface area contributed by atoms with E-state index in [9.17, 15) is 37.5 Å². The molecule has 0 saturated heterocycles. The van der Waals surface area contributed by atoms with E-state index in [-0.39, 0.29) is 35.8 Å². The maximum Gasteiger partial charge on any atom is 0.263 e. The molecular formula is C40H42F2N4O6. The van der Waals surface area contributed by atoms with Crippen LogP contribution in [0.25, 0.3) is 0 Å². The van der Waals surface area contributed by atoms with Crippen molar-refractivity contribution in [1.29, 1.82) is 0 Å². The van der Waals surface area contributed by atoms with Crippen molar-refractivity contribution in [3.05, 3.63) is 139 Å². The summed E-state index contributed by atoms with van der Waals surface area (Å²) in [6.45, 7) is 4.09. The van der Waals surface area contributed by atoms with E-state index in [1.165, 1.54) is 59.9 Å². The van der Waals surface area contributed by atoms with Gasteiger partial charge in [-0.2, -0.15) is 0 Å². The molecule has 272 valence electrons. The number of amides is 2.